The SMILES string of the molecule is O=C(/C=C/c1ccccc1Cl)Nc1cccc(Cl)c1Cl. The minimum Gasteiger partial charge on any atom is -0.321 e. The van der Waals surface area contributed by atoms with Crippen molar-refractivity contribution in [2.45, 2.75) is 0 Å². The molecule has 0 heterocycles. The fourth-order valence-corrected chi connectivity index (χ4v) is 2.10. The van der Waals surface area contributed by atoms with Gasteiger partial charge in [0, 0.05) is 11.1 Å². The molecule has 0 spiro atoms. The molecular formula is C15H10Cl3NO. The van der Waals surface area contributed by atoms with Gasteiger partial charge in [0.2, 0.25) is 5.91 Å². The van der Waals surface area contributed by atoms with Crippen LogP contribution in [-0.2, 0) is 4.79 Å². The standard InChI is InChI=1S/C15H10Cl3NO/c16-11-5-2-1-4-10(11)8-9-14(20)19-13-7-3-6-12(17)15(13)18/h1-9H,(H,19,20)/b9-8+. The monoisotopic (exact) mass is 325 g/mol. The average Bonchev–Trinajstić information content (AvgIpc) is 2.43. The molecule has 20 heavy (non-hydrogen) atoms. The van der Waals surface area contributed by atoms with Crippen molar-refractivity contribution in [3.8, 4) is 0 Å². The van der Waals surface area contributed by atoms with Crippen molar-refractivity contribution in [1.82, 2.24) is 0 Å². The molecule has 0 unspecified atom stereocenters. The van der Waals surface area contributed by atoms with Crippen molar-refractivity contribution in [1.29, 1.82) is 0 Å². The van der Waals surface area contributed by atoms with Gasteiger partial charge in [0.1, 0.15) is 0 Å². The Bertz CT molecular complexity index is 668. The number of amides is 1. The minimum absolute atomic E-state index is 0.311. The number of benzene rings is 2. The van der Waals surface area contributed by atoms with Gasteiger partial charge in [0.15, 0.2) is 0 Å². The molecule has 0 aliphatic carbocycles. The van der Waals surface area contributed by atoms with Gasteiger partial charge < -0.3 is 5.32 Å². The van der Waals surface area contributed by atoms with Gasteiger partial charge in [-0.05, 0) is 29.8 Å². The highest BCUT2D eigenvalue weighted by Crippen LogP contribution is 2.29. The first-order valence-corrected chi connectivity index (χ1v) is 6.89. The fraction of sp³-hybridized carbons (Fsp3) is 0. The van der Waals surface area contributed by atoms with E-state index in [1.54, 1.807) is 30.3 Å². The quantitative estimate of drug-likeness (QED) is 0.762. The van der Waals surface area contributed by atoms with Crippen LogP contribution in [0, 0.1) is 0 Å². The van der Waals surface area contributed by atoms with Gasteiger partial charge in [-0.1, -0.05) is 59.1 Å². The van der Waals surface area contributed by atoms with E-state index in [9.17, 15) is 4.79 Å². The summed E-state index contributed by atoms with van der Waals surface area (Å²) >= 11 is 17.9. The van der Waals surface area contributed by atoms with Gasteiger partial charge in [-0.15, -0.1) is 0 Å². The molecular weight excluding hydrogens is 317 g/mol. The molecule has 2 rings (SSSR count). The van der Waals surface area contributed by atoms with E-state index in [1.165, 1.54) is 6.08 Å². The van der Waals surface area contributed by atoms with Crippen LogP contribution in [0.4, 0.5) is 5.69 Å². The number of anilines is 1. The lowest BCUT2D eigenvalue weighted by atomic mass is 10.2. The fourth-order valence-electron chi connectivity index (χ4n) is 1.55. The summed E-state index contributed by atoms with van der Waals surface area (Å²) in [6.07, 6.45) is 3.02. The predicted molar refractivity (Wildman–Crippen MR) is 85.6 cm³/mol. The summed E-state index contributed by atoms with van der Waals surface area (Å²) in [4.78, 5) is 11.8. The smallest absolute Gasteiger partial charge is 0.248 e. The number of carbonyl (C=O) groups excluding carboxylic acids is 1. The molecule has 0 aliphatic heterocycles. The lowest BCUT2D eigenvalue weighted by molar-refractivity contribution is -0.111. The van der Waals surface area contributed by atoms with E-state index in [0.29, 0.717) is 20.8 Å². The number of halogens is 3. The summed E-state index contributed by atoms with van der Waals surface area (Å²) in [6.45, 7) is 0. The van der Waals surface area contributed by atoms with Gasteiger partial charge in [-0.25, -0.2) is 0 Å². The number of hydrogen-bond acceptors (Lipinski definition) is 1. The van der Waals surface area contributed by atoms with Crippen molar-refractivity contribution in [3.63, 3.8) is 0 Å². The number of rotatable bonds is 3. The van der Waals surface area contributed by atoms with Crippen molar-refractivity contribution in [2.75, 3.05) is 5.32 Å². The van der Waals surface area contributed by atoms with Crippen molar-refractivity contribution in [3.05, 3.63) is 69.2 Å². The van der Waals surface area contributed by atoms with E-state index in [1.807, 2.05) is 18.2 Å². The molecule has 0 bridgehead atoms. The normalized spacial score (nSPS) is 10.8. The molecule has 0 aliphatic rings. The number of nitrogens with one attached hydrogen (secondary N) is 1. The summed E-state index contributed by atoms with van der Waals surface area (Å²) < 4.78 is 0. The zero-order valence-corrected chi connectivity index (χ0v) is 12.5. The first kappa shape index (κ1) is 14.9. The van der Waals surface area contributed by atoms with E-state index in [-0.39, 0.29) is 5.91 Å². The Morgan fingerprint density at radius 2 is 1.65 bits per heavy atom. The van der Waals surface area contributed by atoms with Crippen LogP contribution in [0.2, 0.25) is 15.1 Å². The number of carbonyl (C=O) groups is 1. The summed E-state index contributed by atoms with van der Waals surface area (Å²) in [5.41, 5.74) is 1.23. The Labute approximate surface area is 132 Å². The average molecular weight is 327 g/mol. The maximum absolute atomic E-state index is 11.8. The van der Waals surface area contributed by atoms with Crippen LogP contribution in [-0.4, -0.2) is 5.91 Å². The molecule has 102 valence electrons. The van der Waals surface area contributed by atoms with Gasteiger partial charge >= 0.3 is 0 Å². The van der Waals surface area contributed by atoms with Crippen molar-refractivity contribution < 1.29 is 4.79 Å². The highest BCUT2D eigenvalue weighted by Gasteiger charge is 2.06. The van der Waals surface area contributed by atoms with Crippen LogP contribution < -0.4 is 5.32 Å². The summed E-state index contributed by atoms with van der Waals surface area (Å²) in [7, 11) is 0. The first-order valence-electron chi connectivity index (χ1n) is 5.75. The van der Waals surface area contributed by atoms with Crippen LogP contribution >= 0.6 is 34.8 Å². The second-order valence-corrected chi connectivity index (χ2v) is 5.14. The van der Waals surface area contributed by atoms with E-state index in [4.69, 9.17) is 34.8 Å². The molecule has 0 aromatic heterocycles. The highest BCUT2D eigenvalue weighted by atomic mass is 35.5. The second kappa shape index (κ2) is 6.80. The lowest BCUT2D eigenvalue weighted by Crippen LogP contribution is -2.08. The molecule has 0 fully saturated rings. The molecule has 2 aromatic carbocycles. The molecule has 2 nitrogen and oxygen atoms in total. The first-order chi connectivity index (χ1) is 9.58. The summed E-state index contributed by atoms with van der Waals surface area (Å²) in [5.74, 6) is -0.311. The van der Waals surface area contributed by atoms with Crippen LogP contribution in [0.1, 0.15) is 5.56 Å². The Kier molecular flexibility index (Phi) is 5.07. The third-order valence-electron chi connectivity index (χ3n) is 2.53. The Balaban J connectivity index is 2.10. The van der Waals surface area contributed by atoms with Gasteiger partial charge in [-0.2, -0.15) is 0 Å². The van der Waals surface area contributed by atoms with E-state index < -0.39 is 0 Å². The zero-order valence-electron chi connectivity index (χ0n) is 10.2. The zero-order chi connectivity index (χ0) is 14.5. The summed E-state index contributed by atoms with van der Waals surface area (Å²) in [6, 6.07) is 12.3. The molecule has 0 saturated heterocycles. The molecule has 5 heteroatoms. The predicted octanol–water partition coefficient (Wildman–Crippen LogP) is 5.30. The van der Waals surface area contributed by atoms with Gasteiger partial charge in [0.05, 0.1) is 15.7 Å². The Hall–Kier alpha value is -1.48. The minimum atomic E-state index is -0.311. The van der Waals surface area contributed by atoms with Crippen LogP contribution in [0.3, 0.4) is 0 Å². The molecule has 1 amide bonds. The van der Waals surface area contributed by atoms with E-state index in [0.717, 1.165) is 5.56 Å². The maximum atomic E-state index is 11.8. The Morgan fingerprint density at radius 1 is 0.950 bits per heavy atom. The highest BCUT2D eigenvalue weighted by molar-refractivity contribution is 6.44. The van der Waals surface area contributed by atoms with Crippen LogP contribution in [0.5, 0.6) is 0 Å². The van der Waals surface area contributed by atoms with Crippen molar-refractivity contribution >= 4 is 52.5 Å². The van der Waals surface area contributed by atoms with Gasteiger partial charge in [0.25, 0.3) is 0 Å². The largest absolute Gasteiger partial charge is 0.321 e. The molecule has 1 N–H and O–H groups in total. The van der Waals surface area contributed by atoms with Crippen LogP contribution in [0.25, 0.3) is 6.08 Å². The summed E-state index contributed by atoms with van der Waals surface area (Å²) in [5, 5.41) is 3.94. The molecule has 0 saturated carbocycles. The van der Waals surface area contributed by atoms with Gasteiger partial charge in [-0.3, -0.25) is 4.79 Å². The Morgan fingerprint density at radius 3 is 2.40 bits per heavy atom. The van der Waals surface area contributed by atoms with E-state index >= 15 is 0 Å². The molecule has 0 atom stereocenters. The topological polar surface area (TPSA) is 29.1 Å². The third kappa shape index (κ3) is 3.76. The maximum Gasteiger partial charge on any atom is 0.248 e. The molecule has 0 radical (unpaired) electrons. The number of hydrogen-bond donors (Lipinski definition) is 1. The molecule has 2 aromatic rings. The van der Waals surface area contributed by atoms with Crippen molar-refractivity contribution in [2.24, 2.45) is 0 Å². The third-order valence-corrected chi connectivity index (χ3v) is 3.69. The second-order valence-electron chi connectivity index (χ2n) is 3.95. The van der Waals surface area contributed by atoms with Crippen LogP contribution in [0.15, 0.2) is 48.5 Å². The van der Waals surface area contributed by atoms with E-state index in [2.05, 4.69) is 5.32 Å². The lowest BCUT2D eigenvalue weighted by Gasteiger charge is -2.05.